The van der Waals surface area contributed by atoms with Gasteiger partial charge in [0.25, 0.3) is 0 Å². The van der Waals surface area contributed by atoms with Crippen LogP contribution >= 0.6 is 11.3 Å². The Bertz CT molecular complexity index is 462. The number of carbonyl (C=O) groups is 1. The van der Waals surface area contributed by atoms with E-state index in [1.54, 1.807) is 11.3 Å². The molecular weight excluding hydrogens is 270 g/mol. The first-order valence-electron chi connectivity index (χ1n) is 7.51. The summed E-state index contributed by atoms with van der Waals surface area (Å²) in [6, 6.07) is 4.56. The summed E-state index contributed by atoms with van der Waals surface area (Å²) < 4.78 is 0. The van der Waals surface area contributed by atoms with E-state index in [9.17, 15) is 4.79 Å². The second-order valence-electron chi connectivity index (χ2n) is 5.88. The molecule has 1 amide bonds. The van der Waals surface area contributed by atoms with Crippen molar-refractivity contribution in [3.63, 3.8) is 0 Å². The molecule has 110 valence electrons. The molecule has 0 aliphatic carbocycles. The molecule has 0 saturated carbocycles. The van der Waals surface area contributed by atoms with Crippen LogP contribution in [0.15, 0.2) is 17.5 Å². The summed E-state index contributed by atoms with van der Waals surface area (Å²) >= 11 is 1.74. The van der Waals surface area contributed by atoms with E-state index in [-0.39, 0.29) is 12.2 Å². The lowest BCUT2D eigenvalue weighted by Gasteiger charge is -2.29. The zero-order valence-corrected chi connectivity index (χ0v) is 13.0. The lowest BCUT2D eigenvalue weighted by molar-refractivity contribution is -0.132. The van der Waals surface area contributed by atoms with Crippen LogP contribution in [-0.4, -0.2) is 47.9 Å². The Kier molecular flexibility index (Phi) is 4.10. The van der Waals surface area contributed by atoms with E-state index in [1.807, 2.05) is 0 Å². The molecule has 0 spiro atoms. The van der Waals surface area contributed by atoms with Gasteiger partial charge in [-0.3, -0.25) is 10.1 Å². The topological polar surface area (TPSA) is 35.6 Å². The molecule has 1 aromatic heterocycles. The van der Waals surface area contributed by atoms with Crippen molar-refractivity contribution >= 4 is 17.2 Å². The highest BCUT2D eigenvalue weighted by Crippen LogP contribution is 2.33. The molecule has 3 heterocycles. The Morgan fingerprint density at radius 3 is 2.95 bits per heavy atom. The standard InChI is InChI=1S/C15H23N3OS/c1-3-5-12-15(19)18(11-7-8-17(2)10-11)14(16-12)13-6-4-9-20-13/h4,6,9,11-12,14,16H,3,5,7-8,10H2,1-2H3. The highest BCUT2D eigenvalue weighted by Gasteiger charge is 2.44. The van der Waals surface area contributed by atoms with Gasteiger partial charge in [-0.1, -0.05) is 19.4 Å². The number of carbonyl (C=O) groups excluding carboxylic acids is 1. The monoisotopic (exact) mass is 293 g/mol. The molecule has 3 atom stereocenters. The van der Waals surface area contributed by atoms with Gasteiger partial charge >= 0.3 is 0 Å². The molecule has 2 saturated heterocycles. The van der Waals surface area contributed by atoms with Gasteiger partial charge in [-0.05, 0) is 37.9 Å². The van der Waals surface area contributed by atoms with Crippen LogP contribution in [0.5, 0.6) is 0 Å². The van der Waals surface area contributed by atoms with Gasteiger partial charge in [-0.2, -0.15) is 0 Å². The second-order valence-corrected chi connectivity index (χ2v) is 6.86. The van der Waals surface area contributed by atoms with E-state index in [4.69, 9.17) is 0 Å². The molecule has 0 radical (unpaired) electrons. The predicted molar refractivity (Wildman–Crippen MR) is 81.6 cm³/mol. The molecule has 0 aromatic carbocycles. The van der Waals surface area contributed by atoms with Crippen LogP contribution in [0.4, 0.5) is 0 Å². The van der Waals surface area contributed by atoms with Crippen molar-refractivity contribution in [1.82, 2.24) is 15.1 Å². The number of nitrogens with one attached hydrogen (secondary N) is 1. The Hall–Kier alpha value is -0.910. The SMILES string of the molecule is CCCC1NC(c2cccs2)N(C2CCN(C)C2)C1=O. The third-order valence-electron chi connectivity index (χ3n) is 4.34. The maximum Gasteiger partial charge on any atom is 0.241 e. The minimum atomic E-state index is -0.00185. The van der Waals surface area contributed by atoms with Gasteiger partial charge in [-0.25, -0.2) is 0 Å². The van der Waals surface area contributed by atoms with Gasteiger partial charge in [0, 0.05) is 17.5 Å². The van der Waals surface area contributed by atoms with Gasteiger partial charge < -0.3 is 9.80 Å². The smallest absolute Gasteiger partial charge is 0.241 e. The summed E-state index contributed by atoms with van der Waals surface area (Å²) in [7, 11) is 2.14. The summed E-state index contributed by atoms with van der Waals surface area (Å²) in [5.74, 6) is 0.297. The third kappa shape index (κ3) is 2.50. The number of nitrogens with zero attached hydrogens (tertiary/aromatic N) is 2. The fourth-order valence-corrected chi connectivity index (χ4v) is 4.12. The largest absolute Gasteiger partial charge is 0.316 e. The Labute approximate surface area is 124 Å². The van der Waals surface area contributed by atoms with Crippen LogP contribution in [0.25, 0.3) is 0 Å². The first-order valence-corrected chi connectivity index (χ1v) is 8.39. The van der Waals surface area contributed by atoms with E-state index < -0.39 is 0 Å². The zero-order valence-electron chi connectivity index (χ0n) is 12.2. The molecule has 20 heavy (non-hydrogen) atoms. The van der Waals surface area contributed by atoms with Crippen LogP contribution in [0.1, 0.15) is 37.2 Å². The van der Waals surface area contributed by atoms with Crippen LogP contribution in [0, 0.1) is 0 Å². The van der Waals surface area contributed by atoms with Gasteiger partial charge in [0.15, 0.2) is 0 Å². The average molecular weight is 293 g/mol. The first kappa shape index (κ1) is 14.0. The van der Waals surface area contributed by atoms with Crippen molar-refractivity contribution < 1.29 is 4.79 Å². The first-order chi connectivity index (χ1) is 9.70. The molecule has 2 aliphatic rings. The zero-order chi connectivity index (χ0) is 14.1. The van der Waals surface area contributed by atoms with Crippen LogP contribution < -0.4 is 5.32 Å². The fraction of sp³-hybridized carbons (Fsp3) is 0.667. The summed E-state index contributed by atoms with van der Waals surface area (Å²) in [6.07, 6.45) is 3.14. The normalized spacial score (nSPS) is 31.4. The van der Waals surface area contributed by atoms with E-state index >= 15 is 0 Å². The third-order valence-corrected chi connectivity index (χ3v) is 5.26. The minimum absolute atomic E-state index is 0.00185. The fourth-order valence-electron chi connectivity index (χ4n) is 3.34. The quantitative estimate of drug-likeness (QED) is 0.923. The minimum Gasteiger partial charge on any atom is -0.316 e. The average Bonchev–Trinajstić information content (AvgIpc) is 3.12. The second kappa shape index (κ2) is 5.84. The number of amides is 1. The Morgan fingerprint density at radius 1 is 1.50 bits per heavy atom. The number of likely N-dealkylation sites (tertiary alicyclic amines) is 1. The number of hydrogen-bond donors (Lipinski definition) is 1. The molecule has 5 heteroatoms. The number of rotatable bonds is 4. The number of hydrogen-bond acceptors (Lipinski definition) is 4. The Morgan fingerprint density at radius 2 is 2.35 bits per heavy atom. The molecule has 1 N–H and O–H groups in total. The van der Waals surface area contributed by atoms with Crippen molar-refractivity contribution in [1.29, 1.82) is 0 Å². The summed E-state index contributed by atoms with van der Waals surface area (Å²) in [6.45, 7) is 4.22. The summed E-state index contributed by atoms with van der Waals surface area (Å²) in [4.78, 5) is 18.4. The molecule has 1 aromatic rings. The van der Waals surface area contributed by atoms with Gasteiger partial charge in [0.2, 0.25) is 5.91 Å². The molecule has 3 rings (SSSR count). The highest BCUT2D eigenvalue weighted by molar-refractivity contribution is 7.10. The van der Waals surface area contributed by atoms with Gasteiger partial charge in [0.05, 0.1) is 6.04 Å². The molecule has 2 fully saturated rings. The highest BCUT2D eigenvalue weighted by atomic mass is 32.1. The lowest BCUT2D eigenvalue weighted by atomic mass is 10.1. The van der Waals surface area contributed by atoms with Crippen molar-refractivity contribution in [3.05, 3.63) is 22.4 Å². The van der Waals surface area contributed by atoms with Gasteiger partial charge in [0.1, 0.15) is 6.17 Å². The van der Waals surface area contributed by atoms with Crippen molar-refractivity contribution in [2.75, 3.05) is 20.1 Å². The van der Waals surface area contributed by atoms with Crippen LogP contribution in [0.2, 0.25) is 0 Å². The molecule has 2 aliphatic heterocycles. The predicted octanol–water partition coefficient (Wildman–Crippen LogP) is 2.05. The Balaban J connectivity index is 1.84. The van der Waals surface area contributed by atoms with Crippen LogP contribution in [-0.2, 0) is 4.79 Å². The van der Waals surface area contributed by atoms with Crippen molar-refractivity contribution in [2.24, 2.45) is 0 Å². The van der Waals surface area contributed by atoms with Crippen LogP contribution in [0.3, 0.4) is 0 Å². The van der Waals surface area contributed by atoms with E-state index in [0.717, 1.165) is 32.4 Å². The van der Waals surface area contributed by atoms with Gasteiger partial charge in [-0.15, -0.1) is 11.3 Å². The molecule has 0 bridgehead atoms. The maximum absolute atomic E-state index is 12.7. The van der Waals surface area contributed by atoms with E-state index in [2.05, 4.69) is 46.6 Å². The number of likely N-dealkylation sites (N-methyl/N-ethyl adjacent to an activating group) is 1. The summed E-state index contributed by atoms with van der Waals surface area (Å²) in [5.41, 5.74) is 0. The maximum atomic E-state index is 12.7. The van der Waals surface area contributed by atoms with Crippen molar-refractivity contribution in [3.8, 4) is 0 Å². The lowest BCUT2D eigenvalue weighted by Crippen LogP contribution is -2.41. The molecular formula is C15H23N3OS. The van der Waals surface area contributed by atoms with Crippen molar-refractivity contribution in [2.45, 2.75) is 44.4 Å². The van der Waals surface area contributed by atoms with E-state index in [1.165, 1.54) is 4.88 Å². The van der Waals surface area contributed by atoms with E-state index in [0.29, 0.717) is 11.9 Å². The molecule has 3 unspecified atom stereocenters. The molecule has 4 nitrogen and oxygen atoms in total. The number of thiophene rings is 1. The summed E-state index contributed by atoms with van der Waals surface area (Å²) in [5, 5.41) is 5.65.